The lowest BCUT2D eigenvalue weighted by atomic mass is 9.79. The molecule has 0 saturated carbocycles. The predicted molar refractivity (Wildman–Crippen MR) is 106 cm³/mol. The molecule has 0 aliphatic carbocycles. The summed E-state index contributed by atoms with van der Waals surface area (Å²) >= 11 is 0. The molecule has 27 heavy (non-hydrogen) atoms. The van der Waals surface area contributed by atoms with Gasteiger partial charge in [0, 0.05) is 23.5 Å². The van der Waals surface area contributed by atoms with E-state index in [-0.39, 0.29) is 5.91 Å². The Kier molecular flexibility index (Phi) is 4.84. The van der Waals surface area contributed by atoms with Crippen LogP contribution in [0.15, 0.2) is 54.6 Å². The van der Waals surface area contributed by atoms with Gasteiger partial charge < -0.3 is 20.0 Å². The van der Waals surface area contributed by atoms with Crippen LogP contribution in [-0.4, -0.2) is 23.0 Å². The van der Waals surface area contributed by atoms with Crippen LogP contribution in [0.5, 0.6) is 0 Å². The van der Waals surface area contributed by atoms with E-state index < -0.39 is 7.12 Å². The maximum atomic E-state index is 12.8. The maximum Gasteiger partial charge on any atom is 0.491 e. The zero-order valence-corrected chi connectivity index (χ0v) is 15.2. The number of H-pyrrole nitrogens is 1. The summed E-state index contributed by atoms with van der Waals surface area (Å²) in [5.41, 5.74) is 6.17. The van der Waals surface area contributed by atoms with Crippen LogP contribution in [0.3, 0.4) is 0 Å². The van der Waals surface area contributed by atoms with E-state index in [0.29, 0.717) is 17.9 Å². The Morgan fingerprint density at radius 3 is 2.81 bits per heavy atom. The molecule has 6 heteroatoms. The average Bonchev–Trinajstić information content (AvgIpc) is 3.26. The van der Waals surface area contributed by atoms with Crippen molar-refractivity contribution in [3.63, 3.8) is 0 Å². The lowest BCUT2D eigenvalue weighted by Crippen LogP contribution is -2.28. The molecule has 0 atom stereocenters. The fraction of sp³-hybridized carbons (Fsp3) is 0.190. The van der Waals surface area contributed by atoms with Crippen LogP contribution in [0.2, 0.25) is 0 Å². The second-order valence-corrected chi connectivity index (χ2v) is 6.73. The summed E-state index contributed by atoms with van der Waals surface area (Å²) in [5.74, 6) is -0.137. The van der Waals surface area contributed by atoms with Gasteiger partial charge in [0.05, 0.1) is 12.2 Å². The number of hydrogen-bond donors (Lipinski definition) is 3. The number of aromatic amines is 1. The summed E-state index contributed by atoms with van der Waals surface area (Å²) in [6.07, 6.45) is 1.51. The smallest absolute Gasteiger partial charge is 0.423 e. The van der Waals surface area contributed by atoms with Gasteiger partial charge in [-0.15, -0.1) is 0 Å². The topological polar surface area (TPSA) is 74.4 Å². The third-order valence-electron chi connectivity index (χ3n) is 4.85. The summed E-state index contributed by atoms with van der Waals surface area (Å²) < 4.78 is 5.20. The van der Waals surface area contributed by atoms with Crippen LogP contribution < -0.4 is 10.8 Å². The zero-order valence-electron chi connectivity index (χ0n) is 15.2. The van der Waals surface area contributed by atoms with Gasteiger partial charge >= 0.3 is 7.12 Å². The third-order valence-corrected chi connectivity index (χ3v) is 4.85. The number of amides is 1. The van der Waals surface area contributed by atoms with Crippen molar-refractivity contribution in [1.29, 1.82) is 0 Å². The number of carbonyl (C=O) groups is 1. The van der Waals surface area contributed by atoms with Gasteiger partial charge in [0.2, 0.25) is 0 Å². The number of anilines is 1. The zero-order chi connectivity index (χ0) is 18.8. The molecule has 0 radical (unpaired) electrons. The fourth-order valence-corrected chi connectivity index (χ4v) is 3.46. The number of carbonyl (C=O) groups excluding carboxylic acids is 1. The first-order valence-electron chi connectivity index (χ1n) is 9.12. The minimum Gasteiger partial charge on any atom is -0.423 e. The molecule has 0 spiro atoms. The fourth-order valence-electron chi connectivity index (χ4n) is 3.46. The van der Waals surface area contributed by atoms with Crippen molar-refractivity contribution in [2.24, 2.45) is 0 Å². The van der Waals surface area contributed by atoms with E-state index in [4.69, 9.17) is 4.65 Å². The number of hydrogen-bond acceptors (Lipinski definition) is 3. The van der Waals surface area contributed by atoms with Crippen LogP contribution in [0.1, 0.15) is 39.8 Å². The maximum absolute atomic E-state index is 12.8. The Balaban J connectivity index is 1.53. The van der Waals surface area contributed by atoms with Crippen molar-refractivity contribution in [2.45, 2.75) is 26.4 Å². The molecule has 1 aliphatic heterocycles. The molecule has 0 fully saturated rings. The molecule has 1 aromatic heterocycles. The summed E-state index contributed by atoms with van der Waals surface area (Å²) in [7, 11) is -0.873. The molecule has 1 aliphatic rings. The van der Waals surface area contributed by atoms with Gasteiger partial charge in [-0.2, -0.15) is 0 Å². The Labute approximate surface area is 158 Å². The summed E-state index contributed by atoms with van der Waals surface area (Å²) in [4.78, 5) is 16.2. The molecular formula is C21H21BN2O3. The molecular weight excluding hydrogens is 339 g/mol. The normalized spacial score (nSPS) is 12.9. The van der Waals surface area contributed by atoms with Gasteiger partial charge in [-0.25, -0.2) is 0 Å². The van der Waals surface area contributed by atoms with E-state index in [0.717, 1.165) is 35.3 Å². The van der Waals surface area contributed by atoms with Crippen molar-refractivity contribution in [2.75, 3.05) is 5.32 Å². The van der Waals surface area contributed by atoms with Gasteiger partial charge in [0.25, 0.3) is 5.91 Å². The highest BCUT2D eigenvalue weighted by Gasteiger charge is 2.27. The minimum absolute atomic E-state index is 0.137. The van der Waals surface area contributed by atoms with E-state index in [1.54, 1.807) is 12.1 Å². The SMILES string of the molecule is CCc1[nH]c(Cc2ccccc2)cc1C(=O)Nc1ccc2c(c1)COB2O. The van der Waals surface area contributed by atoms with E-state index in [1.165, 1.54) is 5.56 Å². The van der Waals surface area contributed by atoms with Gasteiger partial charge in [0.15, 0.2) is 0 Å². The van der Waals surface area contributed by atoms with E-state index in [2.05, 4.69) is 22.4 Å². The number of fused-ring (bicyclic) bond motifs is 1. The van der Waals surface area contributed by atoms with Crippen LogP contribution >= 0.6 is 0 Å². The van der Waals surface area contributed by atoms with Crippen molar-refractivity contribution in [1.82, 2.24) is 4.98 Å². The first-order chi connectivity index (χ1) is 13.1. The third kappa shape index (κ3) is 3.67. The van der Waals surface area contributed by atoms with Crippen molar-refractivity contribution in [3.8, 4) is 0 Å². The van der Waals surface area contributed by atoms with Crippen LogP contribution in [0.4, 0.5) is 5.69 Å². The summed E-state index contributed by atoms with van der Waals surface area (Å²) in [6, 6.07) is 17.5. The van der Waals surface area contributed by atoms with Gasteiger partial charge in [0.1, 0.15) is 0 Å². The lowest BCUT2D eigenvalue weighted by Gasteiger charge is -2.07. The van der Waals surface area contributed by atoms with E-state index in [1.807, 2.05) is 37.3 Å². The van der Waals surface area contributed by atoms with Crippen molar-refractivity contribution >= 4 is 24.2 Å². The summed E-state index contributed by atoms with van der Waals surface area (Å²) in [5, 5.41) is 12.7. The molecule has 136 valence electrons. The van der Waals surface area contributed by atoms with Crippen LogP contribution in [0, 0.1) is 0 Å². The number of aryl methyl sites for hydroxylation is 1. The minimum atomic E-state index is -0.873. The number of benzene rings is 2. The second-order valence-electron chi connectivity index (χ2n) is 6.73. The van der Waals surface area contributed by atoms with Crippen LogP contribution in [0.25, 0.3) is 0 Å². The highest BCUT2D eigenvalue weighted by molar-refractivity contribution is 6.61. The molecule has 0 unspecified atom stereocenters. The standard InChI is InChI=1S/C21H21BN2O3/c1-2-20-18(12-17(23-20)10-14-6-4-3-5-7-14)21(25)24-16-8-9-19-15(11-16)13-27-22(19)26/h3-9,11-12,23,26H,2,10,13H2,1H3,(H,24,25). The largest absolute Gasteiger partial charge is 0.491 e. The lowest BCUT2D eigenvalue weighted by molar-refractivity contribution is 0.102. The predicted octanol–water partition coefficient (Wildman–Crippen LogP) is 2.64. The molecule has 2 heterocycles. The number of nitrogens with one attached hydrogen (secondary N) is 2. The molecule has 0 saturated heterocycles. The quantitative estimate of drug-likeness (QED) is 0.613. The number of aromatic nitrogens is 1. The van der Waals surface area contributed by atoms with Crippen LogP contribution in [-0.2, 0) is 24.1 Å². The number of rotatable bonds is 5. The monoisotopic (exact) mass is 360 g/mol. The molecule has 5 nitrogen and oxygen atoms in total. The Morgan fingerprint density at radius 1 is 1.22 bits per heavy atom. The molecule has 2 aromatic carbocycles. The van der Waals surface area contributed by atoms with Crippen molar-refractivity contribution < 1.29 is 14.5 Å². The molecule has 1 amide bonds. The summed E-state index contributed by atoms with van der Waals surface area (Å²) in [6.45, 7) is 2.38. The first kappa shape index (κ1) is 17.6. The van der Waals surface area contributed by atoms with E-state index in [9.17, 15) is 9.82 Å². The molecule has 3 aromatic rings. The second kappa shape index (κ2) is 7.43. The van der Waals surface area contributed by atoms with Crippen molar-refractivity contribution in [3.05, 3.63) is 82.7 Å². The van der Waals surface area contributed by atoms with E-state index >= 15 is 0 Å². The van der Waals surface area contributed by atoms with Gasteiger partial charge in [-0.3, -0.25) is 4.79 Å². The molecule has 4 rings (SSSR count). The Bertz CT molecular complexity index is 969. The van der Waals surface area contributed by atoms with Gasteiger partial charge in [-0.05, 0) is 41.2 Å². The highest BCUT2D eigenvalue weighted by atomic mass is 16.5. The Hall–Kier alpha value is -2.83. The molecule has 3 N–H and O–H groups in total. The molecule has 0 bridgehead atoms. The van der Waals surface area contributed by atoms with Gasteiger partial charge in [-0.1, -0.05) is 43.3 Å². The highest BCUT2D eigenvalue weighted by Crippen LogP contribution is 2.19. The Morgan fingerprint density at radius 2 is 2.04 bits per heavy atom. The average molecular weight is 360 g/mol. The first-order valence-corrected chi connectivity index (χ1v) is 9.12.